The Morgan fingerprint density at radius 3 is 2.68 bits per heavy atom. The van der Waals surface area contributed by atoms with Crippen LogP contribution in [-0.2, 0) is 22.6 Å². The predicted octanol–water partition coefficient (Wildman–Crippen LogP) is 2.88. The van der Waals surface area contributed by atoms with E-state index in [1.54, 1.807) is 0 Å². The number of rotatable bonds is 7. The summed E-state index contributed by atoms with van der Waals surface area (Å²) in [6.45, 7) is 9.04. The molecule has 2 aromatic carbocycles. The summed E-state index contributed by atoms with van der Waals surface area (Å²) in [5.41, 5.74) is 3.59. The summed E-state index contributed by atoms with van der Waals surface area (Å²) in [4.78, 5) is 17.7. The van der Waals surface area contributed by atoms with E-state index in [4.69, 9.17) is 18.8 Å². The molecular formula is C25H30N4O5. The summed E-state index contributed by atoms with van der Waals surface area (Å²) in [6.07, 6.45) is -0.498. The molecule has 0 bridgehead atoms. The first kappa shape index (κ1) is 22.6. The van der Waals surface area contributed by atoms with Crippen molar-refractivity contribution in [2.24, 2.45) is 5.92 Å². The number of carbonyl (C=O) groups excluding carboxylic acids is 1. The van der Waals surface area contributed by atoms with Gasteiger partial charge in [-0.05, 0) is 51.6 Å². The van der Waals surface area contributed by atoms with E-state index in [0.717, 1.165) is 40.2 Å². The second kappa shape index (κ2) is 9.99. The molecule has 0 spiro atoms. The third-order valence-electron chi connectivity index (χ3n) is 6.03. The summed E-state index contributed by atoms with van der Waals surface area (Å²) in [5.74, 6) is 1.84. The summed E-state index contributed by atoms with van der Waals surface area (Å²) in [7, 11) is 0. The minimum absolute atomic E-state index is 0.0180. The molecule has 0 N–H and O–H groups in total. The summed E-state index contributed by atoms with van der Waals surface area (Å²) in [5, 5.41) is 7.78. The molecule has 1 unspecified atom stereocenters. The second-order valence-electron chi connectivity index (χ2n) is 9.27. The number of ether oxygens (including phenoxy) is 3. The minimum Gasteiger partial charge on any atom is -0.486 e. The Labute approximate surface area is 198 Å². The number of amides is 1. The number of nitrogens with zero attached hydrogens (tertiary/aromatic N) is 4. The highest BCUT2D eigenvalue weighted by Gasteiger charge is 2.31. The standard InChI is InChI=1S/C25H30N4O5/c1-17(2)13-29(15-19-4-6-22-23(12-19)33-10-9-32-22)25(30)24-16-28(7-8-31-24)14-18-3-5-20-21(11-18)27-34-26-20/h3-6,11-12,17,24H,7-10,13-16H2,1-2H3. The van der Waals surface area contributed by atoms with Crippen LogP contribution in [-0.4, -0.2) is 71.6 Å². The maximum Gasteiger partial charge on any atom is 0.253 e. The monoisotopic (exact) mass is 466 g/mol. The van der Waals surface area contributed by atoms with Gasteiger partial charge in [0.1, 0.15) is 30.4 Å². The molecule has 2 aliphatic rings. The number of fused-ring (bicyclic) bond motifs is 2. The molecule has 180 valence electrons. The molecule has 1 amide bonds. The first-order valence-corrected chi connectivity index (χ1v) is 11.8. The van der Waals surface area contributed by atoms with Crippen LogP contribution in [0.1, 0.15) is 25.0 Å². The fourth-order valence-corrected chi connectivity index (χ4v) is 4.46. The van der Waals surface area contributed by atoms with Gasteiger partial charge in [0, 0.05) is 32.7 Å². The zero-order chi connectivity index (χ0) is 23.5. The number of carbonyl (C=O) groups is 1. The van der Waals surface area contributed by atoms with Crippen molar-refractivity contribution in [3.8, 4) is 11.5 Å². The molecule has 1 fully saturated rings. The lowest BCUT2D eigenvalue weighted by molar-refractivity contribution is -0.151. The second-order valence-corrected chi connectivity index (χ2v) is 9.27. The van der Waals surface area contributed by atoms with Gasteiger partial charge in [-0.1, -0.05) is 26.0 Å². The Balaban J connectivity index is 1.26. The minimum atomic E-state index is -0.498. The highest BCUT2D eigenvalue weighted by Crippen LogP contribution is 2.31. The molecule has 9 heteroatoms. The highest BCUT2D eigenvalue weighted by molar-refractivity contribution is 5.81. The van der Waals surface area contributed by atoms with E-state index in [2.05, 4.69) is 29.1 Å². The van der Waals surface area contributed by atoms with Crippen LogP contribution in [0, 0.1) is 5.92 Å². The normalized spacial score (nSPS) is 18.4. The van der Waals surface area contributed by atoms with Crippen molar-refractivity contribution in [1.29, 1.82) is 0 Å². The smallest absolute Gasteiger partial charge is 0.253 e. The number of morpholine rings is 1. The molecule has 3 aromatic rings. The Morgan fingerprint density at radius 2 is 1.82 bits per heavy atom. The van der Waals surface area contributed by atoms with E-state index in [1.807, 2.05) is 41.3 Å². The van der Waals surface area contributed by atoms with Gasteiger partial charge in [0.15, 0.2) is 11.5 Å². The average Bonchev–Trinajstić information content (AvgIpc) is 3.31. The quantitative estimate of drug-likeness (QED) is 0.525. The molecule has 9 nitrogen and oxygen atoms in total. The Bertz CT molecular complexity index is 1150. The zero-order valence-electron chi connectivity index (χ0n) is 19.6. The lowest BCUT2D eigenvalue weighted by Crippen LogP contribution is -2.51. The van der Waals surface area contributed by atoms with Gasteiger partial charge in [0.2, 0.25) is 0 Å². The van der Waals surface area contributed by atoms with Crippen LogP contribution in [0.2, 0.25) is 0 Å². The molecule has 34 heavy (non-hydrogen) atoms. The molecule has 2 aliphatic heterocycles. The molecule has 0 aliphatic carbocycles. The number of hydrogen-bond donors (Lipinski definition) is 0. The van der Waals surface area contributed by atoms with Crippen LogP contribution in [0.3, 0.4) is 0 Å². The maximum atomic E-state index is 13.6. The van der Waals surface area contributed by atoms with Crippen molar-refractivity contribution in [2.75, 3.05) is 39.5 Å². The molecule has 0 saturated carbocycles. The van der Waals surface area contributed by atoms with E-state index < -0.39 is 6.10 Å². The van der Waals surface area contributed by atoms with Crippen LogP contribution >= 0.6 is 0 Å². The van der Waals surface area contributed by atoms with Crippen molar-refractivity contribution in [1.82, 2.24) is 20.1 Å². The topological polar surface area (TPSA) is 90.2 Å². The molecule has 3 heterocycles. The van der Waals surface area contributed by atoms with E-state index >= 15 is 0 Å². The van der Waals surface area contributed by atoms with Crippen molar-refractivity contribution in [3.63, 3.8) is 0 Å². The predicted molar refractivity (Wildman–Crippen MR) is 125 cm³/mol. The van der Waals surface area contributed by atoms with Crippen LogP contribution in [0.25, 0.3) is 11.0 Å². The van der Waals surface area contributed by atoms with Crippen LogP contribution < -0.4 is 9.47 Å². The maximum absolute atomic E-state index is 13.6. The van der Waals surface area contributed by atoms with Gasteiger partial charge >= 0.3 is 0 Å². The summed E-state index contributed by atoms with van der Waals surface area (Å²) < 4.78 is 22.1. The van der Waals surface area contributed by atoms with E-state index in [9.17, 15) is 4.79 Å². The summed E-state index contributed by atoms with van der Waals surface area (Å²) >= 11 is 0. The van der Waals surface area contributed by atoms with Crippen LogP contribution in [0.15, 0.2) is 41.0 Å². The molecule has 5 rings (SSSR count). The third kappa shape index (κ3) is 5.15. The Hall–Kier alpha value is -3.17. The van der Waals surface area contributed by atoms with Gasteiger partial charge < -0.3 is 19.1 Å². The first-order chi connectivity index (χ1) is 16.5. The van der Waals surface area contributed by atoms with E-state index in [1.165, 1.54) is 0 Å². The van der Waals surface area contributed by atoms with Gasteiger partial charge in [-0.15, -0.1) is 0 Å². The molecule has 1 atom stereocenters. The van der Waals surface area contributed by atoms with Crippen LogP contribution in [0.4, 0.5) is 0 Å². The number of hydrogen-bond acceptors (Lipinski definition) is 8. The summed E-state index contributed by atoms with van der Waals surface area (Å²) in [6, 6.07) is 11.8. The Morgan fingerprint density at radius 1 is 1.03 bits per heavy atom. The average molecular weight is 467 g/mol. The lowest BCUT2D eigenvalue weighted by Gasteiger charge is -2.35. The van der Waals surface area contributed by atoms with Crippen molar-refractivity contribution in [2.45, 2.75) is 33.0 Å². The molecule has 1 aromatic heterocycles. The largest absolute Gasteiger partial charge is 0.486 e. The van der Waals surface area contributed by atoms with Gasteiger partial charge in [-0.2, -0.15) is 0 Å². The van der Waals surface area contributed by atoms with Gasteiger partial charge in [-0.3, -0.25) is 9.69 Å². The fourth-order valence-electron chi connectivity index (χ4n) is 4.46. The van der Waals surface area contributed by atoms with Crippen molar-refractivity contribution < 1.29 is 23.6 Å². The van der Waals surface area contributed by atoms with E-state index in [0.29, 0.717) is 51.9 Å². The third-order valence-corrected chi connectivity index (χ3v) is 6.03. The SMILES string of the molecule is CC(C)CN(Cc1ccc2c(c1)OCCO2)C(=O)C1CN(Cc2ccc3nonc3c2)CCO1. The zero-order valence-corrected chi connectivity index (χ0v) is 19.6. The highest BCUT2D eigenvalue weighted by atomic mass is 16.6. The van der Waals surface area contributed by atoms with Gasteiger partial charge in [-0.25, -0.2) is 4.63 Å². The molecule has 1 saturated heterocycles. The number of aromatic nitrogens is 2. The first-order valence-electron chi connectivity index (χ1n) is 11.8. The van der Waals surface area contributed by atoms with Crippen molar-refractivity contribution in [3.05, 3.63) is 47.5 Å². The number of benzene rings is 2. The van der Waals surface area contributed by atoms with Crippen molar-refractivity contribution >= 4 is 16.9 Å². The molecule has 0 radical (unpaired) electrons. The Kier molecular flexibility index (Phi) is 6.64. The van der Waals surface area contributed by atoms with E-state index in [-0.39, 0.29) is 5.91 Å². The lowest BCUT2D eigenvalue weighted by atomic mass is 10.1. The van der Waals surface area contributed by atoms with Crippen LogP contribution in [0.5, 0.6) is 11.5 Å². The molecular weight excluding hydrogens is 436 g/mol. The fraction of sp³-hybridized carbons (Fsp3) is 0.480. The van der Waals surface area contributed by atoms with Gasteiger partial charge in [0.05, 0.1) is 6.61 Å². The van der Waals surface area contributed by atoms with Gasteiger partial charge in [0.25, 0.3) is 5.91 Å².